The fraction of sp³-hybridized carbons (Fsp3) is 0.531. The van der Waals surface area contributed by atoms with Gasteiger partial charge in [0, 0.05) is 5.56 Å². The molecule has 5 fully saturated rings. The summed E-state index contributed by atoms with van der Waals surface area (Å²) in [7, 11) is 1.33. The second-order valence-electron chi connectivity index (χ2n) is 13.3. The number of carbonyl (C=O) groups is 1. The largest absolute Gasteiger partial charge is 0.496 e. The number of fused-ring (bicyclic) bond motifs is 1. The van der Waals surface area contributed by atoms with Crippen molar-refractivity contribution < 1.29 is 23.6 Å². The zero-order chi connectivity index (χ0) is 27.3. The van der Waals surface area contributed by atoms with Crippen LogP contribution in [0.15, 0.2) is 42.0 Å². The monoisotopic (exact) mass is 546 g/mol. The third kappa shape index (κ3) is 3.50. The van der Waals surface area contributed by atoms with Crippen molar-refractivity contribution in [1.82, 2.24) is 0 Å². The highest BCUT2D eigenvalue weighted by Gasteiger charge is 2.76. The van der Waals surface area contributed by atoms with Crippen LogP contribution in [0.1, 0.15) is 74.9 Å². The minimum absolute atomic E-state index is 0.282. The number of benzene rings is 2. The Morgan fingerprint density at radius 3 is 2.36 bits per heavy atom. The van der Waals surface area contributed by atoms with Crippen LogP contribution in [0.25, 0.3) is 5.76 Å². The van der Waals surface area contributed by atoms with Gasteiger partial charge >= 0.3 is 7.12 Å². The van der Waals surface area contributed by atoms with E-state index < -0.39 is 7.12 Å². The first-order valence-corrected chi connectivity index (χ1v) is 14.6. The molecule has 39 heavy (non-hydrogen) atoms. The summed E-state index contributed by atoms with van der Waals surface area (Å²) in [6, 6.07) is 11.7. The predicted octanol–water partition coefficient (Wildman–Crippen LogP) is 6.45. The van der Waals surface area contributed by atoms with Crippen LogP contribution in [0, 0.1) is 29.1 Å². The smallest absolute Gasteiger partial charge is 0.494 e. The fourth-order valence-electron chi connectivity index (χ4n) is 8.43. The van der Waals surface area contributed by atoms with Crippen LogP contribution in [-0.4, -0.2) is 31.7 Å². The van der Waals surface area contributed by atoms with Gasteiger partial charge in [-0.2, -0.15) is 0 Å². The first-order chi connectivity index (χ1) is 18.6. The van der Waals surface area contributed by atoms with Gasteiger partial charge in [0.25, 0.3) is 0 Å². The van der Waals surface area contributed by atoms with Gasteiger partial charge in [-0.25, -0.2) is 0 Å². The lowest BCUT2D eigenvalue weighted by molar-refractivity contribution is -0.117. The summed E-state index contributed by atoms with van der Waals surface area (Å²) in [6.45, 7) is 8.47. The van der Waals surface area contributed by atoms with Crippen molar-refractivity contribution >= 4 is 36.2 Å². The average molecular weight is 547 g/mol. The lowest BCUT2D eigenvalue weighted by atomic mass is 9.36. The van der Waals surface area contributed by atoms with E-state index in [1.54, 1.807) is 13.2 Å². The zero-order valence-corrected chi connectivity index (χ0v) is 24.1. The second kappa shape index (κ2) is 8.61. The van der Waals surface area contributed by atoms with Gasteiger partial charge in [0.1, 0.15) is 18.1 Å². The number of carbonyl (C=O) groups excluding carboxylic acids is 1. The lowest BCUT2D eigenvalue weighted by Crippen LogP contribution is -2.61. The number of hydrogen-bond acceptors (Lipinski definition) is 5. The molecule has 4 saturated carbocycles. The van der Waals surface area contributed by atoms with Crippen molar-refractivity contribution in [3.8, 4) is 5.75 Å². The summed E-state index contributed by atoms with van der Waals surface area (Å²) in [4.78, 5) is 11.9. The van der Waals surface area contributed by atoms with E-state index in [1.165, 1.54) is 31.3 Å². The van der Waals surface area contributed by atoms with Gasteiger partial charge in [-0.05, 0) is 111 Å². The molecule has 5 atom stereocenters. The molecule has 0 radical (unpaired) electrons. The SMILES string of the molecule is CO/C(=C1\C2CC3CC4CC1C42C3)c1ccc(C=O)c(OCc2ccc(B3OC(C)(C)C(C)(C)O3)cc2)c1Cl. The molecule has 7 heteroatoms. The Labute approximate surface area is 236 Å². The molecule has 2 aromatic carbocycles. The Morgan fingerprint density at radius 2 is 1.72 bits per heavy atom. The predicted molar refractivity (Wildman–Crippen MR) is 152 cm³/mol. The van der Waals surface area contributed by atoms with Crippen LogP contribution < -0.4 is 10.2 Å². The number of allylic oxidation sites excluding steroid dienone is 1. The molecule has 2 bridgehead atoms. The molecule has 204 valence electrons. The van der Waals surface area contributed by atoms with Crippen molar-refractivity contribution in [2.45, 2.75) is 71.2 Å². The maximum atomic E-state index is 11.9. The lowest BCUT2D eigenvalue weighted by Gasteiger charge is -2.68. The first kappa shape index (κ1) is 25.7. The Hall–Kier alpha value is -2.28. The van der Waals surface area contributed by atoms with Gasteiger partial charge in [-0.1, -0.05) is 35.9 Å². The molecule has 0 N–H and O–H groups in total. The molecule has 0 amide bonds. The summed E-state index contributed by atoms with van der Waals surface area (Å²) in [5.41, 5.74) is 4.40. The van der Waals surface area contributed by atoms with Crippen molar-refractivity contribution in [3.05, 3.63) is 63.7 Å². The number of aldehydes is 1. The van der Waals surface area contributed by atoms with Gasteiger partial charge < -0.3 is 18.8 Å². The van der Waals surface area contributed by atoms with E-state index in [1.807, 2.05) is 58.0 Å². The molecule has 1 aliphatic heterocycles. The highest BCUT2D eigenvalue weighted by atomic mass is 35.5. The number of ether oxygens (including phenoxy) is 2. The molecule has 5 nitrogen and oxygen atoms in total. The summed E-state index contributed by atoms with van der Waals surface area (Å²) in [5.74, 6) is 4.34. The Balaban J connectivity index is 1.12. The quantitative estimate of drug-likeness (QED) is 0.227. The third-order valence-corrected chi connectivity index (χ3v) is 11.4. The minimum Gasteiger partial charge on any atom is -0.496 e. The van der Waals surface area contributed by atoms with E-state index in [-0.39, 0.29) is 17.8 Å². The minimum atomic E-state index is -0.412. The van der Waals surface area contributed by atoms with Crippen LogP contribution in [0.4, 0.5) is 0 Å². The second-order valence-corrected chi connectivity index (χ2v) is 13.6. The van der Waals surface area contributed by atoms with Crippen LogP contribution in [0.5, 0.6) is 5.75 Å². The van der Waals surface area contributed by atoms with Crippen molar-refractivity contribution in [3.63, 3.8) is 0 Å². The highest BCUT2D eigenvalue weighted by molar-refractivity contribution is 6.62. The molecular weight excluding hydrogens is 511 g/mol. The molecule has 7 rings (SSSR count). The van der Waals surface area contributed by atoms with E-state index >= 15 is 0 Å². The molecule has 1 saturated heterocycles. The third-order valence-electron chi connectivity index (χ3n) is 11.0. The number of rotatable bonds is 7. The van der Waals surface area contributed by atoms with Gasteiger partial charge in [0.05, 0.1) is 28.9 Å². The standard InChI is InChI=1S/C32H36BClO5/c1-30(2)31(3,4)39-33(38-30)22-9-6-18(7-10-22)17-37-28-20(16-35)8-11-23(27(28)34)29(36-5)26-24-13-19-12-21-14-25(26)32(21,24)15-19/h6-11,16,19,21,24-25H,12-15,17H2,1-5H3/b29-26+. The van der Waals surface area contributed by atoms with Crippen LogP contribution in [-0.2, 0) is 20.7 Å². The van der Waals surface area contributed by atoms with Crippen LogP contribution >= 0.6 is 11.6 Å². The molecule has 0 aromatic heterocycles. The summed E-state index contributed by atoms with van der Waals surface area (Å²) >= 11 is 6.97. The van der Waals surface area contributed by atoms with E-state index in [2.05, 4.69) is 0 Å². The van der Waals surface area contributed by atoms with Crippen molar-refractivity contribution in [2.24, 2.45) is 29.1 Å². The first-order valence-electron chi connectivity index (χ1n) is 14.2. The van der Waals surface area contributed by atoms with Gasteiger partial charge in [-0.15, -0.1) is 0 Å². The van der Waals surface area contributed by atoms with Gasteiger partial charge in [0.15, 0.2) is 6.29 Å². The Bertz CT molecular complexity index is 1370. The molecule has 1 spiro atoms. The fourth-order valence-corrected chi connectivity index (χ4v) is 8.74. The van der Waals surface area contributed by atoms with Crippen LogP contribution in [0.2, 0.25) is 5.02 Å². The zero-order valence-electron chi connectivity index (χ0n) is 23.4. The van der Waals surface area contributed by atoms with Gasteiger partial charge in [-0.3, -0.25) is 4.79 Å². The summed E-state index contributed by atoms with van der Waals surface area (Å²) in [5, 5.41) is 0.442. The molecule has 5 aliphatic rings. The Kier molecular flexibility index (Phi) is 5.67. The molecule has 5 unspecified atom stereocenters. The van der Waals surface area contributed by atoms with E-state index in [9.17, 15) is 4.79 Å². The van der Waals surface area contributed by atoms with E-state index in [4.69, 9.17) is 30.4 Å². The van der Waals surface area contributed by atoms with Gasteiger partial charge in [0.2, 0.25) is 0 Å². The van der Waals surface area contributed by atoms with E-state index in [0.717, 1.165) is 40.5 Å². The number of hydrogen-bond donors (Lipinski definition) is 0. The number of methoxy groups -OCH3 is 1. The maximum absolute atomic E-state index is 11.9. The molecule has 1 heterocycles. The van der Waals surface area contributed by atoms with E-state index in [0.29, 0.717) is 33.6 Å². The maximum Gasteiger partial charge on any atom is 0.494 e. The Morgan fingerprint density at radius 1 is 1.03 bits per heavy atom. The average Bonchev–Trinajstić information content (AvgIpc) is 3.49. The summed E-state index contributed by atoms with van der Waals surface area (Å²) in [6.07, 6.45) is 6.19. The topological polar surface area (TPSA) is 54.0 Å². The normalized spacial score (nSPS) is 33.7. The summed E-state index contributed by atoms with van der Waals surface area (Å²) < 4.78 is 24.6. The molecule has 2 aromatic rings. The van der Waals surface area contributed by atoms with Crippen LogP contribution in [0.3, 0.4) is 0 Å². The molecule has 4 aliphatic carbocycles. The van der Waals surface area contributed by atoms with Crippen molar-refractivity contribution in [1.29, 1.82) is 0 Å². The molecular formula is C32H36BClO5. The van der Waals surface area contributed by atoms with Crippen molar-refractivity contribution in [2.75, 3.05) is 7.11 Å². The highest BCUT2D eigenvalue weighted by Crippen LogP contribution is 2.83. The number of halogens is 1.